The molecule has 2 N–H and O–H groups in total. The van der Waals surface area contributed by atoms with E-state index in [1.165, 1.54) is 0 Å². The van der Waals surface area contributed by atoms with Gasteiger partial charge in [-0.3, -0.25) is 0 Å². The number of hydrogen-bond acceptors (Lipinski definition) is 5. The molecular formula is C14H21N5O. The van der Waals surface area contributed by atoms with Gasteiger partial charge in [0.1, 0.15) is 5.75 Å². The normalized spacial score (nSPS) is 10.7. The molecule has 2 rings (SSSR count). The van der Waals surface area contributed by atoms with Crippen molar-refractivity contribution in [3.8, 4) is 17.1 Å². The maximum atomic E-state index is 6.08. The quantitative estimate of drug-likeness (QED) is 0.620. The molecule has 0 fully saturated rings. The highest BCUT2D eigenvalue weighted by Gasteiger charge is 2.17. The van der Waals surface area contributed by atoms with Crippen molar-refractivity contribution in [3.05, 3.63) is 18.2 Å². The van der Waals surface area contributed by atoms with Crippen LogP contribution in [-0.2, 0) is 6.54 Å². The summed E-state index contributed by atoms with van der Waals surface area (Å²) in [5.41, 5.74) is 7.48. The van der Waals surface area contributed by atoms with Crippen LogP contribution in [0.25, 0.3) is 11.4 Å². The number of nitrogen functional groups attached to an aromatic ring is 1. The van der Waals surface area contributed by atoms with Gasteiger partial charge >= 0.3 is 0 Å². The van der Waals surface area contributed by atoms with Gasteiger partial charge in [0.15, 0.2) is 5.82 Å². The zero-order chi connectivity index (χ0) is 14.4. The second-order valence-electron chi connectivity index (χ2n) is 4.59. The van der Waals surface area contributed by atoms with Gasteiger partial charge in [-0.05, 0) is 35.9 Å². The lowest BCUT2D eigenvalue weighted by Gasteiger charge is -2.12. The Morgan fingerprint density at radius 2 is 2.10 bits per heavy atom. The van der Waals surface area contributed by atoms with Gasteiger partial charge in [0, 0.05) is 12.2 Å². The van der Waals surface area contributed by atoms with E-state index >= 15 is 0 Å². The first-order chi connectivity index (χ1) is 9.77. The lowest BCUT2D eigenvalue weighted by atomic mass is 10.1. The first kappa shape index (κ1) is 14.3. The van der Waals surface area contributed by atoms with Crippen molar-refractivity contribution in [1.82, 2.24) is 20.2 Å². The summed E-state index contributed by atoms with van der Waals surface area (Å²) in [6.45, 7) is 5.48. The van der Waals surface area contributed by atoms with Crippen molar-refractivity contribution < 1.29 is 4.74 Å². The number of aromatic nitrogens is 4. The summed E-state index contributed by atoms with van der Waals surface area (Å²) in [6, 6.07) is 5.60. The Balaban J connectivity index is 2.34. The number of unbranched alkanes of at least 4 members (excludes halogenated alkanes) is 2. The lowest BCUT2D eigenvalue weighted by Crippen LogP contribution is -2.06. The van der Waals surface area contributed by atoms with E-state index in [0.717, 1.165) is 37.1 Å². The predicted molar refractivity (Wildman–Crippen MR) is 78.4 cm³/mol. The van der Waals surface area contributed by atoms with Crippen LogP contribution in [0.15, 0.2) is 18.2 Å². The second-order valence-corrected chi connectivity index (χ2v) is 4.59. The van der Waals surface area contributed by atoms with Gasteiger partial charge in [-0.15, -0.1) is 5.10 Å². The standard InChI is InChI=1S/C14H21N5O/c1-3-5-6-10-19-14(16-17-18-19)13-11(15)8-7-9-12(13)20-4-2/h7-9H,3-6,10,15H2,1-2H3. The highest BCUT2D eigenvalue weighted by Crippen LogP contribution is 2.33. The van der Waals surface area contributed by atoms with E-state index in [1.54, 1.807) is 4.68 Å². The molecule has 0 aliphatic heterocycles. The maximum Gasteiger partial charge on any atom is 0.187 e. The minimum Gasteiger partial charge on any atom is -0.493 e. The van der Waals surface area contributed by atoms with Crippen molar-refractivity contribution in [1.29, 1.82) is 0 Å². The van der Waals surface area contributed by atoms with Gasteiger partial charge in [-0.1, -0.05) is 25.8 Å². The third kappa shape index (κ3) is 3.07. The van der Waals surface area contributed by atoms with E-state index in [1.807, 2.05) is 25.1 Å². The Hall–Kier alpha value is -2.11. The number of nitrogens with zero attached hydrogens (tertiary/aromatic N) is 4. The summed E-state index contributed by atoms with van der Waals surface area (Å²) in [7, 11) is 0. The third-order valence-corrected chi connectivity index (χ3v) is 3.09. The molecule has 6 heteroatoms. The Morgan fingerprint density at radius 3 is 2.85 bits per heavy atom. The molecular weight excluding hydrogens is 254 g/mol. The van der Waals surface area contributed by atoms with Crippen molar-refractivity contribution >= 4 is 5.69 Å². The van der Waals surface area contributed by atoms with E-state index in [4.69, 9.17) is 10.5 Å². The van der Waals surface area contributed by atoms with Gasteiger partial charge in [0.05, 0.1) is 12.2 Å². The van der Waals surface area contributed by atoms with Crippen LogP contribution in [0.4, 0.5) is 5.69 Å². The highest BCUT2D eigenvalue weighted by molar-refractivity contribution is 5.77. The molecule has 0 aliphatic carbocycles. The Morgan fingerprint density at radius 1 is 1.25 bits per heavy atom. The van der Waals surface area contributed by atoms with Crippen molar-refractivity contribution in [2.45, 2.75) is 39.7 Å². The summed E-state index contributed by atoms with van der Waals surface area (Å²) in [4.78, 5) is 0. The molecule has 20 heavy (non-hydrogen) atoms. The fraction of sp³-hybridized carbons (Fsp3) is 0.500. The molecule has 0 aliphatic rings. The molecule has 1 heterocycles. The van der Waals surface area contributed by atoms with Gasteiger partial charge in [0.25, 0.3) is 0 Å². The molecule has 108 valence electrons. The molecule has 0 unspecified atom stereocenters. The van der Waals surface area contributed by atoms with Crippen molar-refractivity contribution in [2.24, 2.45) is 0 Å². The van der Waals surface area contributed by atoms with E-state index in [-0.39, 0.29) is 0 Å². The van der Waals surface area contributed by atoms with E-state index in [2.05, 4.69) is 22.4 Å². The van der Waals surface area contributed by atoms with Crippen LogP contribution in [-0.4, -0.2) is 26.8 Å². The number of hydrogen-bond donors (Lipinski definition) is 1. The molecule has 2 aromatic rings. The molecule has 0 amide bonds. The first-order valence-corrected chi connectivity index (χ1v) is 7.05. The largest absolute Gasteiger partial charge is 0.493 e. The SMILES string of the molecule is CCCCCn1nnnc1-c1c(N)cccc1OCC. The van der Waals surface area contributed by atoms with Crippen LogP contribution in [0.1, 0.15) is 33.1 Å². The summed E-state index contributed by atoms with van der Waals surface area (Å²) in [5.74, 6) is 1.39. The monoisotopic (exact) mass is 275 g/mol. The highest BCUT2D eigenvalue weighted by atomic mass is 16.5. The third-order valence-electron chi connectivity index (χ3n) is 3.09. The van der Waals surface area contributed by atoms with Crippen LogP contribution < -0.4 is 10.5 Å². The number of nitrogens with two attached hydrogens (primary N) is 1. The molecule has 0 radical (unpaired) electrons. The lowest BCUT2D eigenvalue weighted by molar-refractivity contribution is 0.341. The Kier molecular flexibility index (Phi) is 4.92. The van der Waals surface area contributed by atoms with Crippen LogP contribution in [0, 0.1) is 0 Å². The molecule has 1 aromatic carbocycles. The molecule has 0 saturated heterocycles. The van der Waals surface area contributed by atoms with Gasteiger partial charge in [0.2, 0.25) is 0 Å². The summed E-state index contributed by atoms with van der Waals surface area (Å²) in [6.07, 6.45) is 3.36. The van der Waals surface area contributed by atoms with Gasteiger partial charge in [-0.25, -0.2) is 4.68 Å². The smallest absolute Gasteiger partial charge is 0.187 e. The Bertz CT molecular complexity index is 552. The molecule has 1 aromatic heterocycles. The topological polar surface area (TPSA) is 78.9 Å². The molecule has 6 nitrogen and oxygen atoms in total. The molecule has 0 spiro atoms. The summed E-state index contributed by atoms with van der Waals surface area (Å²) >= 11 is 0. The molecule has 0 saturated carbocycles. The van der Waals surface area contributed by atoms with Crippen molar-refractivity contribution in [2.75, 3.05) is 12.3 Å². The van der Waals surface area contributed by atoms with E-state index in [0.29, 0.717) is 18.1 Å². The van der Waals surface area contributed by atoms with E-state index < -0.39 is 0 Å². The van der Waals surface area contributed by atoms with Crippen LogP contribution in [0.5, 0.6) is 5.75 Å². The summed E-state index contributed by atoms with van der Waals surface area (Å²) in [5, 5.41) is 11.9. The number of aryl methyl sites for hydroxylation is 1. The van der Waals surface area contributed by atoms with Crippen LogP contribution in [0.2, 0.25) is 0 Å². The van der Waals surface area contributed by atoms with Crippen molar-refractivity contribution in [3.63, 3.8) is 0 Å². The van der Waals surface area contributed by atoms with Crippen LogP contribution in [0.3, 0.4) is 0 Å². The number of ether oxygens (including phenoxy) is 1. The number of benzene rings is 1. The number of rotatable bonds is 7. The second kappa shape index (κ2) is 6.88. The average molecular weight is 275 g/mol. The van der Waals surface area contributed by atoms with Gasteiger partial charge < -0.3 is 10.5 Å². The van der Waals surface area contributed by atoms with Crippen LogP contribution >= 0.6 is 0 Å². The zero-order valence-electron chi connectivity index (χ0n) is 12.0. The minimum absolute atomic E-state index is 0.577. The predicted octanol–water partition coefficient (Wildman–Crippen LogP) is 2.51. The van der Waals surface area contributed by atoms with E-state index in [9.17, 15) is 0 Å². The molecule has 0 bridgehead atoms. The molecule has 0 atom stereocenters. The maximum absolute atomic E-state index is 6.08. The first-order valence-electron chi connectivity index (χ1n) is 7.05. The fourth-order valence-electron chi connectivity index (χ4n) is 2.11. The number of tetrazole rings is 1. The fourth-order valence-corrected chi connectivity index (χ4v) is 2.11. The Labute approximate surface area is 118 Å². The summed E-state index contributed by atoms with van der Waals surface area (Å²) < 4.78 is 7.43. The average Bonchev–Trinajstić information content (AvgIpc) is 2.88. The number of anilines is 1. The van der Waals surface area contributed by atoms with Gasteiger partial charge in [-0.2, -0.15) is 0 Å². The zero-order valence-corrected chi connectivity index (χ0v) is 12.0. The minimum atomic E-state index is 0.577.